The van der Waals surface area contributed by atoms with E-state index in [1.54, 1.807) is 19.1 Å². The van der Waals surface area contributed by atoms with Crippen molar-refractivity contribution in [3.8, 4) is 0 Å². The van der Waals surface area contributed by atoms with Crippen LogP contribution in [0, 0.1) is 5.82 Å². The molecule has 1 atom stereocenters. The third kappa shape index (κ3) is 2.86. The van der Waals surface area contributed by atoms with E-state index in [0.717, 1.165) is 0 Å². The van der Waals surface area contributed by atoms with E-state index >= 15 is 0 Å². The number of halogens is 2. The first-order valence-electron chi connectivity index (χ1n) is 4.60. The zero-order valence-electron chi connectivity index (χ0n) is 8.59. The maximum Gasteiger partial charge on any atom is 0.165 e. The Balaban J connectivity index is 3.07. The third-order valence-electron chi connectivity index (χ3n) is 2.12. The van der Waals surface area contributed by atoms with Crippen LogP contribution in [-0.4, -0.2) is 12.9 Å². The van der Waals surface area contributed by atoms with Crippen LogP contribution in [0.1, 0.15) is 25.0 Å². The highest BCUT2D eigenvalue weighted by molar-refractivity contribution is 9.10. The Kier molecular flexibility index (Phi) is 4.42. The minimum absolute atomic E-state index is 0.126. The van der Waals surface area contributed by atoms with Gasteiger partial charge in [0.15, 0.2) is 5.78 Å². The van der Waals surface area contributed by atoms with Crippen LogP contribution in [-0.2, 0) is 9.53 Å². The molecule has 0 saturated carbocycles. The molecule has 4 heteroatoms. The highest BCUT2D eigenvalue weighted by Crippen LogP contribution is 2.24. The molecule has 0 amide bonds. The molecule has 0 heterocycles. The van der Waals surface area contributed by atoms with Crippen molar-refractivity contribution in [2.75, 3.05) is 7.11 Å². The maximum atomic E-state index is 13.5. The Hall–Kier alpha value is -0.740. The van der Waals surface area contributed by atoms with Gasteiger partial charge < -0.3 is 4.74 Å². The van der Waals surface area contributed by atoms with Crippen molar-refractivity contribution in [1.82, 2.24) is 0 Å². The predicted molar refractivity (Wildman–Crippen MR) is 59.1 cm³/mol. The van der Waals surface area contributed by atoms with E-state index in [2.05, 4.69) is 15.9 Å². The van der Waals surface area contributed by atoms with Crippen LogP contribution in [0.2, 0.25) is 0 Å². The lowest BCUT2D eigenvalue weighted by atomic mass is 10.0. The summed E-state index contributed by atoms with van der Waals surface area (Å²) in [5.74, 6) is -0.559. The number of carbonyl (C=O) groups is 1. The molecule has 0 radical (unpaired) electrons. The Morgan fingerprint density at radius 3 is 2.73 bits per heavy atom. The van der Waals surface area contributed by atoms with E-state index in [-0.39, 0.29) is 11.3 Å². The lowest BCUT2D eigenvalue weighted by Crippen LogP contribution is -2.14. The minimum atomic E-state index is -0.803. The van der Waals surface area contributed by atoms with Crippen LogP contribution >= 0.6 is 15.9 Å². The Morgan fingerprint density at radius 1 is 1.60 bits per heavy atom. The molecule has 0 fully saturated rings. The van der Waals surface area contributed by atoms with Crippen LogP contribution in [0.25, 0.3) is 0 Å². The average molecular weight is 275 g/mol. The molecule has 0 spiro atoms. The standard InChI is InChI=1S/C11H12BrFO2/c1-3-10(14)11(15-2)8-5-4-7(12)6-9(8)13/h4-6,11H,3H2,1-2H3. The molecule has 0 bridgehead atoms. The third-order valence-corrected chi connectivity index (χ3v) is 2.61. The molecular formula is C11H12BrFO2. The van der Waals surface area contributed by atoms with Crippen molar-refractivity contribution < 1.29 is 13.9 Å². The van der Waals surface area contributed by atoms with Crippen LogP contribution in [0.5, 0.6) is 0 Å². The summed E-state index contributed by atoms with van der Waals surface area (Å²) in [5, 5.41) is 0. The van der Waals surface area contributed by atoms with Gasteiger partial charge in [0.2, 0.25) is 0 Å². The van der Waals surface area contributed by atoms with Crippen LogP contribution in [0.4, 0.5) is 4.39 Å². The summed E-state index contributed by atoms with van der Waals surface area (Å²) < 4.78 is 19.2. The van der Waals surface area contributed by atoms with Gasteiger partial charge in [-0.3, -0.25) is 4.79 Å². The summed E-state index contributed by atoms with van der Waals surface area (Å²) in [4.78, 5) is 11.5. The average Bonchev–Trinajstić information content (AvgIpc) is 2.21. The largest absolute Gasteiger partial charge is 0.369 e. The normalized spacial score (nSPS) is 12.5. The summed E-state index contributed by atoms with van der Waals surface area (Å²) >= 11 is 3.16. The van der Waals surface area contributed by atoms with E-state index in [1.165, 1.54) is 13.2 Å². The Bertz CT molecular complexity index is 366. The molecular weight excluding hydrogens is 263 g/mol. The van der Waals surface area contributed by atoms with Crippen LogP contribution in [0.3, 0.4) is 0 Å². The fourth-order valence-electron chi connectivity index (χ4n) is 1.33. The molecule has 1 unspecified atom stereocenters. The SMILES string of the molecule is CCC(=O)C(OC)c1ccc(Br)cc1F. The number of hydrogen-bond acceptors (Lipinski definition) is 2. The monoisotopic (exact) mass is 274 g/mol. The highest BCUT2D eigenvalue weighted by Gasteiger charge is 2.21. The molecule has 1 rings (SSSR count). The molecule has 1 aromatic rings. The molecule has 0 aliphatic carbocycles. The first-order chi connectivity index (χ1) is 7.10. The molecule has 15 heavy (non-hydrogen) atoms. The molecule has 0 aromatic heterocycles. The van der Waals surface area contributed by atoms with Crippen LogP contribution < -0.4 is 0 Å². The topological polar surface area (TPSA) is 26.3 Å². The van der Waals surface area contributed by atoms with E-state index < -0.39 is 11.9 Å². The van der Waals surface area contributed by atoms with E-state index in [1.807, 2.05) is 0 Å². The smallest absolute Gasteiger partial charge is 0.165 e. The van der Waals surface area contributed by atoms with Gasteiger partial charge in [0.05, 0.1) is 0 Å². The van der Waals surface area contributed by atoms with Crippen molar-refractivity contribution in [2.45, 2.75) is 19.4 Å². The zero-order chi connectivity index (χ0) is 11.4. The number of methoxy groups -OCH3 is 1. The van der Waals surface area contributed by atoms with Gasteiger partial charge >= 0.3 is 0 Å². The summed E-state index contributed by atoms with van der Waals surface area (Å²) in [7, 11) is 1.40. The number of rotatable bonds is 4. The van der Waals surface area contributed by atoms with Gasteiger partial charge in [0.1, 0.15) is 11.9 Å². The predicted octanol–water partition coefficient (Wildman–Crippen LogP) is 3.25. The number of benzene rings is 1. The minimum Gasteiger partial charge on any atom is -0.369 e. The van der Waals surface area contributed by atoms with Crippen molar-refractivity contribution in [1.29, 1.82) is 0 Å². The highest BCUT2D eigenvalue weighted by atomic mass is 79.9. The van der Waals surface area contributed by atoms with Gasteiger partial charge in [0.25, 0.3) is 0 Å². The first-order valence-corrected chi connectivity index (χ1v) is 5.40. The number of ether oxygens (including phenoxy) is 1. The lowest BCUT2D eigenvalue weighted by Gasteiger charge is -2.14. The van der Waals surface area contributed by atoms with Crippen LogP contribution in [0.15, 0.2) is 22.7 Å². The van der Waals surface area contributed by atoms with E-state index in [0.29, 0.717) is 10.9 Å². The van der Waals surface area contributed by atoms with Gasteiger partial charge in [-0.15, -0.1) is 0 Å². The van der Waals surface area contributed by atoms with Gasteiger partial charge in [-0.1, -0.05) is 28.9 Å². The van der Waals surface area contributed by atoms with Crippen molar-refractivity contribution >= 4 is 21.7 Å². The van der Waals surface area contributed by atoms with E-state index in [4.69, 9.17) is 4.74 Å². The number of carbonyl (C=O) groups excluding carboxylic acids is 1. The second kappa shape index (κ2) is 5.37. The molecule has 0 aliphatic heterocycles. The molecule has 2 nitrogen and oxygen atoms in total. The number of Topliss-reactive ketones (excluding diaryl/α,β-unsaturated/α-hetero) is 1. The summed E-state index contributed by atoms with van der Waals surface area (Å²) in [6.07, 6.45) is -0.475. The second-order valence-corrected chi connectivity index (χ2v) is 4.02. The van der Waals surface area contributed by atoms with Crippen molar-refractivity contribution in [2.24, 2.45) is 0 Å². The van der Waals surface area contributed by atoms with Gasteiger partial charge in [-0.2, -0.15) is 0 Å². The maximum absolute atomic E-state index is 13.5. The zero-order valence-corrected chi connectivity index (χ0v) is 10.2. The quantitative estimate of drug-likeness (QED) is 0.843. The number of hydrogen-bond donors (Lipinski definition) is 0. The van der Waals surface area contributed by atoms with Gasteiger partial charge in [-0.25, -0.2) is 4.39 Å². The van der Waals surface area contributed by atoms with Gasteiger partial charge in [0, 0.05) is 23.6 Å². The molecule has 1 aromatic carbocycles. The fourth-order valence-corrected chi connectivity index (χ4v) is 1.66. The molecule has 0 saturated heterocycles. The first kappa shape index (κ1) is 12.3. The molecule has 0 aliphatic rings. The van der Waals surface area contributed by atoms with Crippen molar-refractivity contribution in [3.63, 3.8) is 0 Å². The Labute approximate surface area is 96.6 Å². The fraction of sp³-hybridized carbons (Fsp3) is 0.364. The van der Waals surface area contributed by atoms with Crippen molar-refractivity contribution in [3.05, 3.63) is 34.1 Å². The Morgan fingerprint density at radius 2 is 2.27 bits per heavy atom. The van der Waals surface area contributed by atoms with E-state index in [9.17, 15) is 9.18 Å². The second-order valence-electron chi connectivity index (χ2n) is 3.10. The summed E-state index contributed by atoms with van der Waals surface area (Å²) in [6, 6.07) is 4.57. The number of ketones is 1. The molecule has 82 valence electrons. The summed E-state index contributed by atoms with van der Waals surface area (Å²) in [6.45, 7) is 1.73. The lowest BCUT2D eigenvalue weighted by molar-refractivity contribution is -0.129. The summed E-state index contributed by atoms with van der Waals surface area (Å²) in [5.41, 5.74) is 0.285. The van der Waals surface area contributed by atoms with Gasteiger partial charge in [-0.05, 0) is 12.1 Å². The molecule has 0 N–H and O–H groups in total.